The first-order chi connectivity index (χ1) is 9.16. The quantitative estimate of drug-likeness (QED) is 0.761. The third kappa shape index (κ3) is 2.16. The first-order valence-electron chi connectivity index (χ1n) is 5.08. The van der Waals surface area contributed by atoms with Gasteiger partial charge in [-0.3, -0.25) is 10.1 Å². The van der Waals surface area contributed by atoms with Gasteiger partial charge in [-0.05, 0) is 17.3 Å². The first kappa shape index (κ1) is 12.3. The van der Waals surface area contributed by atoms with Crippen LogP contribution in [0.4, 0.5) is 5.95 Å². The molecule has 0 bridgehead atoms. The molecule has 0 aliphatic rings. The van der Waals surface area contributed by atoms with Gasteiger partial charge in [0.25, 0.3) is 11.9 Å². The Kier molecular flexibility index (Phi) is 3.09. The maximum atomic E-state index is 12.1. The van der Waals surface area contributed by atoms with E-state index in [1.165, 1.54) is 11.3 Å². The SMILES string of the molecule is O=C(Nc1nn[nH]n1)c1sc2cccc(Cl)c2c1Cl. The molecular formula is C10H5Cl2N5OS. The highest BCUT2D eigenvalue weighted by molar-refractivity contribution is 7.21. The smallest absolute Gasteiger partial charge is 0.270 e. The number of hydrogen-bond donors (Lipinski definition) is 2. The Morgan fingerprint density at radius 1 is 1.37 bits per heavy atom. The highest BCUT2D eigenvalue weighted by Gasteiger charge is 2.19. The van der Waals surface area contributed by atoms with Gasteiger partial charge in [-0.15, -0.1) is 16.4 Å². The van der Waals surface area contributed by atoms with Gasteiger partial charge < -0.3 is 0 Å². The van der Waals surface area contributed by atoms with Gasteiger partial charge in [0.05, 0.1) is 10.0 Å². The van der Waals surface area contributed by atoms with Gasteiger partial charge >= 0.3 is 0 Å². The largest absolute Gasteiger partial charge is 0.287 e. The van der Waals surface area contributed by atoms with E-state index in [1.54, 1.807) is 12.1 Å². The average molecular weight is 314 g/mol. The number of anilines is 1. The van der Waals surface area contributed by atoms with E-state index in [4.69, 9.17) is 23.2 Å². The topological polar surface area (TPSA) is 83.6 Å². The fraction of sp³-hybridized carbons (Fsp3) is 0. The predicted octanol–water partition coefficient (Wildman–Crippen LogP) is 2.97. The molecule has 3 aromatic rings. The molecule has 96 valence electrons. The van der Waals surface area contributed by atoms with Crippen LogP contribution >= 0.6 is 34.5 Å². The lowest BCUT2D eigenvalue weighted by Crippen LogP contribution is -2.11. The van der Waals surface area contributed by atoms with Crippen LogP contribution in [-0.2, 0) is 0 Å². The summed E-state index contributed by atoms with van der Waals surface area (Å²) in [6.07, 6.45) is 0. The van der Waals surface area contributed by atoms with Crippen LogP contribution in [-0.4, -0.2) is 26.5 Å². The summed E-state index contributed by atoms with van der Waals surface area (Å²) < 4.78 is 0.843. The predicted molar refractivity (Wildman–Crippen MR) is 74.0 cm³/mol. The minimum Gasteiger partial charge on any atom is -0.287 e. The Morgan fingerprint density at radius 3 is 2.89 bits per heavy atom. The van der Waals surface area contributed by atoms with E-state index in [-0.39, 0.29) is 5.95 Å². The standard InChI is InChI=1S/C10H5Cl2N5OS/c11-4-2-1-3-5-6(4)7(12)8(19-5)9(18)13-10-14-16-17-15-10/h1-3H,(H2,13,14,15,16,17,18). The first-order valence-corrected chi connectivity index (χ1v) is 6.65. The van der Waals surface area contributed by atoms with Gasteiger partial charge in [0.1, 0.15) is 4.88 Å². The molecule has 2 aromatic heterocycles. The van der Waals surface area contributed by atoms with E-state index in [0.717, 1.165) is 4.70 Å². The zero-order valence-corrected chi connectivity index (χ0v) is 11.5. The fourth-order valence-corrected chi connectivity index (χ4v) is 3.44. The molecule has 19 heavy (non-hydrogen) atoms. The summed E-state index contributed by atoms with van der Waals surface area (Å²) in [5.41, 5.74) is 0. The van der Waals surface area contributed by atoms with Crippen molar-refractivity contribution in [1.82, 2.24) is 20.6 Å². The number of nitrogens with one attached hydrogen (secondary N) is 2. The Balaban J connectivity index is 2.03. The van der Waals surface area contributed by atoms with Crippen molar-refractivity contribution in [1.29, 1.82) is 0 Å². The van der Waals surface area contributed by atoms with Crippen molar-refractivity contribution in [2.24, 2.45) is 0 Å². The minimum absolute atomic E-state index is 0.0876. The Hall–Kier alpha value is -1.70. The summed E-state index contributed by atoms with van der Waals surface area (Å²) in [4.78, 5) is 12.4. The Labute approximate surface area is 120 Å². The number of thiophene rings is 1. The lowest BCUT2D eigenvalue weighted by atomic mass is 10.2. The normalized spacial score (nSPS) is 10.8. The number of carbonyl (C=O) groups excluding carboxylic acids is 1. The number of H-pyrrole nitrogens is 1. The van der Waals surface area contributed by atoms with Crippen molar-refractivity contribution in [2.75, 3.05) is 5.32 Å². The third-order valence-corrected chi connectivity index (χ3v) is 4.34. The number of amides is 1. The average Bonchev–Trinajstić information content (AvgIpc) is 2.98. The molecule has 2 heterocycles. The molecule has 0 spiro atoms. The summed E-state index contributed by atoms with van der Waals surface area (Å²) in [5.74, 6) is -0.312. The summed E-state index contributed by atoms with van der Waals surface area (Å²) in [6, 6.07) is 5.38. The van der Waals surface area contributed by atoms with Gasteiger partial charge in [0, 0.05) is 10.1 Å². The molecule has 0 radical (unpaired) electrons. The molecular weight excluding hydrogens is 309 g/mol. The van der Waals surface area contributed by atoms with Gasteiger partial charge in [-0.1, -0.05) is 34.4 Å². The van der Waals surface area contributed by atoms with Gasteiger partial charge in [0.15, 0.2) is 0 Å². The molecule has 0 aliphatic carbocycles. The molecule has 2 N–H and O–H groups in total. The second kappa shape index (κ2) is 4.76. The number of aromatic amines is 1. The molecule has 0 unspecified atom stereocenters. The second-order valence-corrected chi connectivity index (χ2v) is 5.39. The number of aromatic nitrogens is 4. The summed E-state index contributed by atoms with van der Waals surface area (Å²) in [5, 5.41) is 16.9. The summed E-state index contributed by atoms with van der Waals surface area (Å²) in [6.45, 7) is 0. The number of hydrogen-bond acceptors (Lipinski definition) is 5. The van der Waals surface area contributed by atoms with Crippen LogP contribution in [0.5, 0.6) is 0 Å². The third-order valence-electron chi connectivity index (χ3n) is 2.38. The molecule has 1 amide bonds. The Bertz CT molecular complexity index is 755. The van der Waals surface area contributed by atoms with Crippen LogP contribution < -0.4 is 5.32 Å². The van der Waals surface area contributed by atoms with E-state index >= 15 is 0 Å². The van der Waals surface area contributed by atoms with E-state index in [0.29, 0.717) is 20.3 Å². The molecule has 1 aromatic carbocycles. The van der Waals surface area contributed by atoms with Crippen LogP contribution in [0, 0.1) is 0 Å². The molecule has 0 saturated carbocycles. The molecule has 9 heteroatoms. The summed E-state index contributed by atoms with van der Waals surface area (Å²) in [7, 11) is 0. The molecule has 0 fully saturated rings. The lowest BCUT2D eigenvalue weighted by molar-refractivity contribution is 0.103. The molecule has 0 saturated heterocycles. The molecule has 3 rings (SSSR count). The van der Waals surface area contributed by atoms with Crippen molar-refractivity contribution in [2.45, 2.75) is 0 Å². The van der Waals surface area contributed by atoms with E-state index in [9.17, 15) is 4.79 Å². The van der Waals surface area contributed by atoms with Crippen molar-refractivity contribution in [3.63, 3.8) is 0 Å². The molecule has 0 atom stereocenters. The fourth-order valence-electron chi connectivity index (χ4n) is 1.59. The highest BCUT2D eigenvalue weighted by atomic mass is 35.5. The minimum atomic E-state index is -0.399. The molecule has 6 nitrogen and oxygen atoms in total. The van der Waals surface area contributed by atoms with Crippen molar-refractivity contribution in [3.8, 4) is 0 Å². The van der Waals surface area contributed by atoms with Crippen molar-refractivity contribution >= 4 is 56.5 Å². The number of halogens is 2. The Morgan fingerprint density at radius 2 is 2.21 bits per heavy atom. The van der Waals surface area contributed by atoms with E-state index in [2.05, 4.69) is 25.9 Å². The zero-order valence-electron chi connectivity index (χ0n) is 9.15. The van der Waals surface area contributed by atoms with Gasteiger partial charge in [-0.2, -0.15) is 5.21 Å². The molecule has 0 aliphatic heterocycles. The number of carbonyl (C=O) groups is 1. The van der Waals surface area contributed by atoms with E-state index < -0.39 is 5.91 Å². The maximum Gasteiger partial charge on any atom is 0.270 e. The summed E-state index contributed by atoms with van der Waals surface area (Å²) >= 11 is 13.5. The van der Waals surface area contributed by atoms with Crippen LogP contribution in [0.1, 0.15) is 9.67 Å². The second-order valence-electron chi connectivity index (χ2n) is 3.55. The van der Waals surface area contributed by atoms with E-state index in [1.807, 2.05) is 6.07 Å². The van der Waals surface area contributed by atoms with Crippen molar-refractivity contribution < 1.29 is 4.79 Å². The highest BCUT2D eigenvalue weighted by Crippen LogP contribution is 2.39. The lowest BCUT2D eigenvalue weighted by Gasteiger charge is -1.97. The van der Waals surface area contributed by atoms with Gasteiger partial charge in [0.2, 0.25) is 0 Å². The van der Waals surface area contributed by atoms with Crippen molar-refractivity contribution in [3.05, 3.63) is 33.1 Å². The number of fused-ring (bicyclic) bond motifs is 1. The van der Waals surface area contributed by atoms with Crippen LogP contribution in [0.3, 0.4) is 0 Å². The van der Waals surface area contributed by atoms with Crippen LogP contribution in [0.2, 0.25) is 10.0 Å². The number of benzene rings is 1. The van der Waals surface area contributed by atoms with Gasteiger partial charge in [-0.25, -0.2) is 0 Å². The number of tetrazole rings is 1. The number of nitrogens with zero attached hydrogens (tertiary/aromatic N) is 3. The monoisotopic (exact) mass is 313 g/mol. The number of rotatable bonds is 2. The van der Waals surface area contributed by atoms with Crippen LogP contribution in [0.15, 0.2) is 18.2 Å². The maximum absolute atomic E-state index is 12.1. The zero-order chi connectivity index (χ0) is 13.4. The van der Waals surface area contributed by atoms with Crippen LogP contribution in [0.25, 0.3) is 10.1 Å².